The summed E-state index contributed by atoms with van der Waals surface area (Å²) in [4.78, 5) is 24.4. The Morgan fingerprint density at radius 2 is 2.19 bits per heavy atom. The molecule has 0 bridgehead atoms. The van der Waals surface area contributed by atoms with Gasteiger partial charge in [0.05, 0.1) is 5.92 Å². The van der Waals surface area contributed by atoms with Gasteiger partial charge in [0.2, 0.25) is 5.91 Å². The maximum absolute atomic E-state index is 11.6. The first kappa shape index (κ1) is 11.0. The van der Waals surface area contributed by atoms with Crippen LogP contribution in [0.1, 0.15) is 6.92 Å². The van der Waals surface area contributed by atoms with Crippen molar-refractivity contribution in [2.24, 2.45) is 5.92 Å². The van der Waals surface area contributed by atoms with Crippen LogP contribution >= 0.6 is 11.6 Å². The van der Waals surface area contributed by atoms with Crippen LogP contribution in [0.15, 0.2) is 24.3 Å². The molecule has 1 atom stereocenters. The molecule has 5 heteroatoms. The third-order valence-corrected chi connectivity index (χ3v) is 2.73. The highest BCUT2D eigenvalue weighted by atomic mass is 35.5. The number of nitrogens with zero attached hydrogens (tertiary/aromatic N) is 1. The maximum Gasteiger partial charge on any atom is 0.328 e. The van der Waals surface area contributed by atoms with E-state index in [-0.39, 0.29) is 11.8 Å². The molecule has 16 heavy (non-hydrogen) atoms. The first-order chi connectivity index (χ1) is 7.58. The third-order valence-electron chi connectivity index (χ3n) is 2.50. The Morgan fingerprint density at radius 3 is 2.88 bits per heavy atom. The van der Waals surface area contributed by atoms with Crippen molar-refractivity contribution in [3.8, 4) is 0 Å². The summed E-state index contributed by atoms with van der Waals surface area (Å²) in [5, 5.41) is 2.87. The molecule has 1 aromatic carbocycles. The van der Waals surface area contributed by atoms with Gasteiger partial charge in [-0.25, -0.2) is 4.79 Å². The van der Waals surface area contributed by atoms with E-state index in [0.29, 0.717) is 17.3 Å². The van der Waals surface area contributed by atoms with Crippen LogP contribution in [0.5, 0.6) is 0 Å². The van der Waals surface area contributed by atoms with Gasteiger partial charge in [0.25, 0.3) is 0 Å². The number of rotatable bonds is 1. The summed E-state index contributed by atoms with van der Waals surface area (Å²) in [6, 6.07) is 6.59. The van der Waals surface area contributed by atoms with Crippen LogP contribution in [0, 0.1) is 5.92 Å². The van der Waals surface area contributed by atoms with E-state index in [2.05, 4.69) is 5.32 Å². The van der Waals surface area contributed by atoms with E-state index in [1.807, 2.05) is 0 Å². The number of halogens is 1. The smallest absolute Gasteiger partial charge is 0.293 e. The SMILES string of the molecule is CC1CN(c2cccc(Cl)c2)C(=O)NC1=O. The Kier molecular flexibility index (Phi) is 2.83. The van der Waals surface area contributed by atoms with E-state index in [9.17, 15) is 9.59 Å². The summed E-state index contributed by atoms with van der Waals surface area (Å²) in [6.07, 6.45) is 0. The summed E-state index contributed by atoms with van der Waals surface area (Å²) in [5.41, 5.74) is 0.698. The van der Waals surface area contributed by atoms with Crippen molar-refractivity contribution in [3.05, 3.63) is 29.3 Å². The second kappa shape index (κ2) is 4.14. The fraction of sp³-hybridized carbons (Fsp3) is 0.273. The molecule has 1 heterocycles. The monoisotopic (exact) mass is 238 g/mol. The number of imide groups is 1. The number of nitrogens with one attached hydrogen (secondary N) is 1. The van der Waals surface area contributed by atoms with Gasteiger partial charge in [-0.3, -0.25) is 15.0 Å². The average Bonchev–Trinajstić information content (AvgIpc) is 2.23. The lowest BCUT2D eigenvalue weighted by Crippen LogP contribution is -2.53. The topological polar surface area (TPSA) is 49.4 Å². The molecule has 0 radical (unpaired) electrons. The molecule has 1 fully saturated rings. The number of carbonyl (C=O) groups is 2. The molecule has 1 saturated heterocycles. The predicted molar refractivity (Wildman–Crippen MR) is 61.5 cm³/mol. The highest BCUT2D eigenvalue weighted by Gasteiger charge is 2.29. The van der Waals surface area contributed by atoms with Crippen LogP contribution in [0.2, 0.25) is 5.02 Å². The molecule has 3 amide bonds. The van der Waals surface area contributed by atoms with Crippen molar-refractivity contribution in [1.82, 2.24) is 5.32 Å². The fourth-order valence-electron chi connectivity index (χ4n) is 1.60. The minimum absolute atomic E-state index is 0.211. The highest BCUT2D eigenvalue weighted by molar-refractivity contribution is 6.31. The first-order valence-corrected chi connectivity index (χ1v) is 5.33. The van der Waals surface area contributed by atoms with Crippen LogP contribution in [-0.4, -0.2) is 18.5 Å². The van der Waals surface area contributed by atoms with E-state index in [0.717, 1.165) is 0 Å². The van der Waals surface area contributed by atoms with Crippen molar-refractivity contribution < 1.29 is 9.59 Å². The minimum Gasteiger partial charge on any atom is -0.293 e. The van der Waals surface area contributed by atoms with E-state index in [4.69, 9.17) is 11.6 Å². The average molecular weight is 239 g/mol. The lowest BCUT2D eigenvalue weighted by molar-refractivity contribution is -0.123. The molecule has 0 aromatic heterocycles. The number of urea groups is 1. The fourth-order valence-corrected chi connectivity index (χ4v) is 1.79. The zero-order valence-electron chi connectivity index (χ0n) is 8.74. The quantitative estimate of drug-likeness (QED) is 0.814. The molecule has 2 rings (SSSR count). The third kappa shape index (κ3) is 2.02. The second-order valence-corrected chi connectivity index (χ2v) is 4.22. The van der Waals surface area contributed by atoms with Crippen molar-refractivity contribution in [3.63, 3.8) is 0 Å². The highest BCUT2D eigenvalue weighted by Crippen LogP contribution is 2.22. The van der Waals surface area contributed by atoms with E-state index >= 15 is 0 Å². The van der Waals surface area contributed by atoms with Crippen molar-refractivity contribution in [1.29, 1.82) is 0 Å². The predicted octanol–water partition coefficient (Wildman–Crippen LogP) is 2.03. The largest absolute Gasteiger partial charge is 0.328 e. The summed E-state index contributed by atoms with van der Waals surface area (Å²) >= 11 is 5.85. The van der Waals surface area contributed by atoms with Crippen LogP contribution in [0.4, 0.5) is 10.5 Å². The number of benzene rings is 1. The number of hydrogen-bond donors (Lipinski definition) is 1. The zero-order valence-corrected chi connectivity index (χ0v) is 9.49. The van der Waals surface area contributed by atoms with E-state index < -0.39 is 6.03 Å². The van der Waals surface area contributed by atoms with Crippen molar-refractivity contribution >= 4 is 29.2 Å². The Balaban J connectivity index is 2.27. The molecule has 1 aliphatic rings. The number of amides is 3. The minimum atomic E-state index is -0.398. The van der Waals surface area contributed by atoms with E-state index in [1.165, 1.54) is 4.90 Å². The molecule has 0 aliphatic carbocycles. The Morgan fingerprint density at radius 1 is 1.44 bits per heavy atom. The molecule has 0 spiro atoms. The van der Waals surface area contributed by atoms with Gasteiger partial charge in [0.15, 0.2) is 0 Å². The van der Waals surface area contributed by atoms with Gasteiger partial charge in [0, 0.05) is 17.3 Å². The van der Waals surface area contributed by atoms with Crippen molar-refractivity contribution in [2.75, 3.05) is 11.4 Å². The van der Waals surface area contributed by atoms with Gasteiger partial charge in [0.1, 0.15) is 0 Å². The number of hydrogen-bond acceptors (Lipinski definition) is 2. The molecular weight excluding hydrogens is 228 g/mol. The second-order valence-electron chi connectivity index (χ2n) is 3.79. The van der Waals surface area contributed by atoms with Crippen LogP contribution in [0.3, 0.4) is 0 Å². The van der Waals surface area contributed by atoms with Crippen LogP contribution in [-0.2, 0) is 4.79 Å². The molecule has 1 unspecified atom stereocenters. The summed E-state index contributed by atoms with van der Waals surface area (Å²) < 4.78 is 0. The standard InChI is InChI=1S/C11H11ClN2O2/c1-7-6-14(11(16)13-10(7)15)9-4-2-3-8(12)5-9/h2-5,7H,6H2,1H3,(H,13,15,16). The Hall–Kier alpha value is -1.55. The Labute approximate surface area is 98.2 Å². The zero-order chi connectivity index (χ0) is 11.7. The first-order valence-electron chi connectivity index (χ1n) is 4.96. The van der Waals surface area contributed by atoms with Crippen LogP contribution in [0.25, 0.3) is 0 Å². The number of anilines is 1. The molecule has 1 N–H and O–H groups in total. The van der Waals surface area contributed by atoms with Gasteiger partial charge in [-0.05, 0) is 18.2 Å². The summed E-state index contributed by atoms with van der Waals surface area (Å²) in [5.74, 6) is -0.444. The van der Waals surface area contributed by atoms with Gasteiger partial charge < -0.3 is 0 Å². The normalized spacial score (nSPS) is 20.9. The van der Waals surface area contributed by atoms with Gasteiger partial charge in [-0.15, -0.1) is 0 Å². The number of carbonyl (C=O) groups excluding carboxylic acids is 2. The molecule has 84 valence electrons. The lowest BCUT2D eigenvalue weighted by atomic mass is 10.1. The van der Waals surface area contributed by atoms with Gasteiger partial charge in [-0.1, -0.05) is 24.6 Å². The lowest BCUT2D eigenvalue weighted by Gasteiger charge is -2.30. The summed E-state index contributed by atoms with van der Waals surface area (Å²) in [6.45, 7) is 2.16. The van der Waals surface area contributed by atoms with E-state index in [1.54, 1.807) is 31.2 Å². The van der Waals surface area contributed by atoms with Crippen molar-refractivity contribution in [2.45, 2.75) is 6.92 Å². The van der Waals surface area contributed by atoms with Gasteiger partial charge in [-0.2, -0.15) is 0 Å². The Bertz CT molecular complexity index is 447. The van der Waals surface area contributed by atoms with Gasteiger partial charge >= 0.3 is 6.03 Å². The molecular formula is C11H11ClN2O2. The molecule has 1 aromatic rings. The summed E-state index contributed by atoms with van der Waals surface area (Å²) in [7, 11) is 0. The van der Waals surface area contributed by atoms with Crippen LogP contribution < -0.4 is 10.2 Å². The molecule has 4 nitrogen and oxygen atoms in total. The molecule has 1 aliphatic heterocycles. The molecule has 0 saturated carbocycles. The maximum atomic E-state index is 11.6.